The minimum Gasteiger partial charge on any atom is -0.402 e. The predicted molar refractivity (Wildman–Crippen MR) is 143 cm³/mol. The molecule has 9 nitrogen and oxygen atoms in total. The molecule has 206 valence electrons. The highest BCUT2D eigenvalue weighted by atomic mass is 32.1. The Hall–Kier alpha value is -4.10. The highest BCUT2D eigenvalue weighted by molar-refractivity contribution is 7.12. The van der Waals surface area contributed by atoms with Crippen molar-refractivity contribution >= 4 is 34.5 Å². The van der Waals surface area contributed by atoms with Gasteiger partial charge in [0, 0.05) is 46.6 Å². The van der Waals surface area contributed by atoms with Gasteiger partial charge in [0.05, 0.1) is 30.2 Å². The summed E-state index contributed by atoms with van der Waals surface area (Å²) in [5, 5.41) is 11.0. The van der Waals surface area contributed by atoms with E-state index in [9.17, 15) is 18.0 Å². The Kier molecular flexibility index (Phi) is 6.84. The van der Waals surface area contributed by atoms with Crippen LogP contribution in [0.4, 0.5) is 24.9 Å². The van der Waals surface area contributed by atoms with Gasteiger partial charge in [0.1, 0.15) is 0 Å². The number of thiophene rings is 1. The second kappa shape index (κ2) is 10.5. The summed E-state index contributed by atoms with van der Waals surface area (Å²) < 4.78 is 51.5. The van der Waals surface area contributed by atoms with E-state index in [-0.39, 0.29) is 35.5 Å². The molecule has 3 aromatic heterocycles. The van der Waals surface area contributed by atoms with Crippen LogP contribution in [-0.4, -0.2) is 59.1 Å². The Balaban J connectivity index is 1.33. The Morgan fingerprint density at radius 2 is 1.88 bits per heavy atom. The summed E-state index contributed by atoms with van der Waals surface area (Å²) in [6.07, 6.45) is -4.67. The van der Waals surface area contributed by atoms with E-state index in [4.69, 9.17) is 14.1 Å². The molecule has 0 unspecified atom stereocenters. The van der Waals surface area contributed by atoms with Gasteiger partial charge >= 0.3 is 12.2 Å². The fourth-order valence-electron chi connectivity index (χ4n) is 4.67. The third kappa shape index (κ3) is 5.21. The number of hydrogen-bond donors (Lipinski definition) is 1. The summed E-state index contributed by atoms with van der Waals surface area (Å²) in [6, 6.07) is 12.5. The number of nitrogens with one attached hydrogen (secondary N) is 1. The van der Waals surface area contributed by atoms with Gasteiger partial charge in [-0.1, -0.05) is 35.4 Å². The quantitative estimate of drug-likeness (QED) is 0.368. The summed E-state index contributed by atoms with van der Waals surface area (Å²) in [4.78, 5) is 25.8. The second-order valence-corrected chi connectivity index (χ2v) is 10.7. The maximum Gasteiger partial charge on any atom is 0.417 e. The number of Topliss-reactive ketones (excluding diaryl/α,β-unsaturated/α-hetero) is 1. The number of morpholine rings is 1. The summed E-state index contributed by atoms with van der Waals surface area (Å²) in [6.45, 7) is 3.48. The van der Waals surface area contributed by atoms with Gasteiger partial charge in [-0.05, 0) is 19.1 Å². The molecule has 2 aliphatic heterocycles. The zero-order chi connectivity index (χ0) is 27.9. The van der Waals surface area contributed by atoms with Crippen molar-refractivity contribution in [3.8, 4) is 11.6 Å². The molecule has 1 fully saturated rings. The van der Waals surface area contributed by atoms with Crippen LogP contribution in [0.1, 0.15) is 26.4 Å². The number of aliphatic imine (C=N–C) groups is 1. The number of aryl methyl sites for hydroxylation is 1. The molecule has 40 heavy (non-hydrogen) atoms. The topological polar surface area (TPSA) is 106 Å². The Morgan fingerprint density at radius 3 is 2.62 bits per heavy atom. The molecule has 0 spiro atoms. The van der Waals surface area contributed by atoms with Crippen molar-refractivity contribution in [2.24, 2.45) is 4.99 Å². The SMILES string of the molecule is Cc1cc2c(s1)CC(=O)[C@@H](Nc1nnc(-c3ncc(C(F)(F)F)cc3N3CCOCC3)o1)N=C2c1ccccc1. The molecule has 1 N–H and O–H groups in total. The number of hydrogen-bond acceptors (Lipinski definition) is 10. The molecule has 1 saturated heterocycles. The molecule has 13 heteroatoms. The standard InChI is InChI=1S/C27H23F3N6O3S/c1-15-11-18-21(40-15)13-20(37)24(32-22(18)16-5-3-2-4-6-16)33-26-35-34-25(39-26)23-19(36-7-9-38-10-8-36)12-17(14-31-23)27(28,29)30/h2-6,11-12,14,24H,7-10,13H2,1H3,(H,33,35)/t24-/m1/s1. The third-order valence-corrected chi connectivity index (χ3v) is 7.62. The van der Waals surface area contributed by atoms with Crippen molar-refractivity contribution in [2.45, 2.75) is 25.7 Å². The first kappa shape index (κ1) is 26.1. The highest BCUT2D eigenvalue weighted by Gasteiger charge is 2.34. The molecule has 0 bridgehead atoms. The molecule has 1 aromatic carbocycles. The molecule has 6 rings (SSSR count). The van der Waals surface area contributed by atoms with Crippen LogP contribution in [0.15, 0.2) is 58.1 Å². The minimum atomic E-state index is -4.57. The summed E-state index contributed by atoms with van der Waals surface area (Å²) in [5.41, 5.74) is 1.86. The van der Waals surface area contributed by atoms with E-state index in [1.165, 1.54) is 0 Å². The van der Waals surface area contributed by atoms with Crippen molar-refractivity contribution < 1.29 is 27.1 Å². The van der Waals surface area contributed by atoms with Gasteiger partial charge in [0.25, 0.3) is 5.89 Å². The van der Waals surface area contributed by atoms with Crippen molar-refractivity contribution in [1.29, 1.82) is 0 Å². The number of anilines is 2. The minimum absolute atomic E-state index is 0.0826. The number of nitrogens with zero attached hydrogens (tertiary/aromatic N) is 5. The Bertz CT molecular complexity index is 1580. The van der Waals surface area contributed by atoms with Crippen LogP contribution in [0.5, 0.6) is 0 Å². The molecule has 1 atom stereocenters. The average Bonchev–Trinajstić information content (AvgIpc) is 3.54. The van der Waals surface area contributed by atoms with E-state index in [0.717, 1.165) is 33.1 Å². The summed E-state index contributed by atoms with van der Waals surface area (Å²) >= 11 is 1.55. The molecule has 5 heterocycles. The van der Waals surface area contributed by atoms with Crippen LogP contribution in [0.25, 0.3) is 11.6 Å². The first-order chi connectivity index (χ1) is 19.3. The zero-order valence-electron chi connectivity index (χ0n) is 21.2. The summed E-state index contributed by atoms with van der Waals surface area (Å²) in [5.74, 6) is -0.267. The van der Waals surface area contributed by atoms with Gasteiger partial charge in [-0.3, -0.25) is 9.79 Å². The van der Waals surface area contributed by atoms with Gasteiger partial charge in [-0.15, -0.1) is 16.4 Å². The van der Waals surface area contributed by atoms with E-state index in [1.807, 2.05) is 43.3 Å². The number of alkyl halides is 3. The number of aromatic nitrogens is 3. The number of fused-ring (bicyclic) bond motifs is 1. The van der Waals surface area contributed by atoms with Crippen LogP contribution in [-0.2, 0) is 22.1 Å². The van der Waals surface area contributed by atoms with Crippen molar-refractivity contribution in [2.75, 3.05) is 36.5 Å². The van der Waals surface area contributed by atoms with Crippen LogP contribution < -0.4 is 10.2 Å². The lowest BCUT2D eigenvalue weighted by atomic mass is 10.0. The normalized spacial score (nSPS) is 17.8. The van der Waals surface area contributed by atoms with Crippen molar-refractivity contribution in [3.05, 3.63) is 75.1 Å². The summed E-state index contributed by atoms with van der Waals surface area (Å²) in [7, 11) is 0. The highest BCUT2D eigenvalue weighted by Crippen LogP contribution is 2.36. The number of rotatable bonds is 5. The lowest BCUT2D eigenvalue weighted by Crippen LogP contribution is -2.36. The molecule has 4 aromatic rings. The van der Waals surface area contributed by atoms with Gasteiger partial charge < -0.3 is 19.4 Å². The van der Waals surface area contributed by atoms with Crippen LogP contribution in [0.2, 0.25) is 0 Å². The van der Waals surface area contributed by atoms with Gasteiger partial charge in [-0.25, -0.2) is 4.98 Å². The van der Waals surface area contributed by atoms with E-state index in [2.05, 4.69) is 20.5 Å². The lowest BCUT2D eigenvalue weighted by Gasteiger charge is -2.30. The van der Waals surface area contributed by atoms with Crippen LogP contribution in [0, 0.1) is 6.92 Å². The van der Waals surface area contributed by atoms with E-state index in [0.29, 0.717) is 32.0 Å². The number of benzene rings is 1. The number of ketones is 1. The first-order valence-corrected chi connectivity index (χ1v) is 13.3. The molecule has 0 radical (unpaired) electrons. The van der Waals surface area contributed by atoms with Crippen molar-refractivity contribution in [1.82, 2.24) is 15.2 Å². The van der Waals surface area contributed by atoms with Gasteiger partial charge in [0.15, 0.2) is 17.6 Å². The monoisotopic (exact) mass is 568 g/mol. The number of pyridine rings is 1. The molecule has 0 saturated carbocycles. The smallest absolute Gasteiger partial charge is 0.402 e. The molecular weight excluding hydrogens is 545 g/mol. The second-order valence-electron chi connectivity index (χ2n) is 9.33. The van der Waals surface area contributed by atoms with E-state index in [1.54, 1.807) is 16.2 Å². The molecule has 0 aliphatic carbocycles. The average molecular weight is 569 g/mol. The molecule has 2 aliphatic rings. The number of halogens is 3. The number of carbonyl (C=O) groups excluding carboxylic acids is 1. The largest absolute Gasteiger partial charge is 0.417 e. The lowest BCUT2D eigenvalue weighted by molar-refractivity contribution is -0.137. The first-order valence-electron chi connectivity index (χ1n) is 12.5. The third-order valence-electron chi connectivity index (χ3n) is 6.57. The van der Waals surface area contributed by atoms with Gasteiger partial charge in [-0.2, -0.15) is 13.2 Å². The van der Waals surface area contributed by atoms with E-state index < -0.39 is 17.9 Å². The van der Waals surface area contributed by atoms with Crippen molar-refractivity contribution in [3.63, 3.8) is 0 Å². The van der Waals surface area contributed by atoms with Crippen LogP contribution in [0.3, 0.4) is 0 Å². The number of carbonyl (C=O) groups is 1. The molecule has 0 amide bonds. The zero-order valence-corrected chi connectivity index (χ0v) is 22.1. The number of ether oxygens (including phenoxy) is 1. The van der Waals surface area contributed by atoms with Crippen LogP contribution >= 0.6 is 11.3 Å². The molecular formula is C27H23F3N6O3S. The Labute approximate surface area is 230 Å². The maximum absolute atomic E-state index is 13.5. The maximum atomic E-state index is 13.5. The Morgan fingerprint density at radius 1 is 1.10 bits per heavy atom. The predicted octanol–water partition coefficient (Wildman–Crippen LogP) is 4.76. The fourth-order valence-corrected chi connectivity index (χ4v) is 5.72. The fraction of sp³-hybridized carbons (Fsp3) is 0.296. The van der Waals surface area contributed by atoms with Gasteiger partial charge in [0.2, 0.25) is 0 Å². The van der Waals surface area contributed by atoms with E-state index >= 15 is 0 Å².